The molecule has 0 aliphatic heterocycles. The zero-order chi connectivity index (χ0) is 25.5. The molecule has 0 saturated heterocycles. The number of ether oxygens (including phenoxy) is 4. The minimum Gasteiger partial charge on any atom is -0.496 e. The Kier molecular flexibility index (Phi) is 7.85. The Morgan fingerprint density at radius 3 is 2.36 bits per heavy atom. The lowest BCUT2D eigenvalue weighted by Gasteiger charge is -2.15. The summed E-state index contributed by atoms with van der Waals surface area (Å²) in [5.74, 6) is 1.83. The molecule has 36 heavy (non-hydrogen) atoms. The minimum absolute atomic E-state index is 0.132. The highest BCUT2D eigenvalue weighted by molar-refractivity contribution is 5.92. The van der Waals surface area contributed by atoms with Crippen LogP contribution in [0.2, 0.25) is 0 Å². The summed E-state index contributed by atoms with van der Waals surface area (Å²) in [7, 11) is 4.67. The number of carbonyl (C=O) groups is 1. The fraction of sp³-hybridized carbons (Fsp3) is 0.250. The van der Waals surface area contributed by atoms with E-state index in [4.69, 9.17) is 23.9 Å². The second-order valence-corrected chi connectivity index (χ2v) is 8.06. The number of hydrogen-bond acceptors (Lipinski definition) is 7. The van der Waals surface area contributed by atoms with Gasteiger partial charge in [0, 0.05) is 13.0 Å². The average molecular weight is 489 g/mol. The number of nitrogens with zero attached hydrogens (tertiary/aromatic N) is 2. The van der Waals surface area contributed by atoms with Gasteiger partial charge < -0.3 is 18.9 Å². The molecule has 1 aromatic heterocycles. The molecule has 4 aromatic rings. The van der Waals surface area contributed by atoms with Crippen LogP contribution in [0.15, 0.2) is 71.5 Å². The van der Waals surface area contributed by atoms with Gasteiger partial charge in [0.05, 0.1) is 38.8 Å². The quantitative estimate of drug-likeness (QED) is 0.243. The summed E-state index contributed by atoms with van der Waals surface area (Å²) in [5, 5.41) is 0.541. The molecule has 0 aliphatic carbocycles. The highest BCUT2D eigenvalue weighted by Crippen LogP contribution is 2.28. The van der Waals surface area contributed by atoms with Crippen molar-refractivity contribution in [1.29, 1.82) is 0 Å². The van der Waals surface area contributed by atoms with Crippen LogP contribution in [0.25, 0.3) is 10.9 Å². The average Bonchev–Trinajstić information content (AvgIpc) is 2.92. The van der Waals surface area contributed by atoms with Gasteiger partial charge in [0.1, 0.15) is 17.1 Å². The van der Waals surface area contributed by atoms with Crippen molar-refractivity contribution in [3.63, 3.8) is 0 Å². The fourth-order valence-corrected chi connectivity index (χ4v) is 4.03. The molecule has 1 heterocycles. The molecule has 8 nitrogen and oxygen atoms in total. The molecule has 0 fully saturated rings. The zero-order valence-corrected chi connectivity index (χ0v) is 20.5. The number of fused-ring (bicyclic) bond motifs is 1. The summed E-state index contributed by atoms with van der Waals surface area (Å²) in [6.07, 6.45) is 0.862. The van der Waals surface area contributed by atoms with Crippen LogP contribution in [0.1, 0.15) is 28.2 Å². The van der Waals surface area contributed by atoms with Crippen LogP contribution in [0.5, 0.6) is 17.2 Å². The van der Waals surface area contributed by atoms with Gasteiger partial charge in [-0.25, -0.2) is 9.78 Å². The van der Waals surface area contributed by atoms with E-state index in [9.17, 15) is 9.59 Å². The lowest BCUT2D eigenvalue weighted by Crippen LogP contribution is -2.26. The van der Waals surface area contributed by atoms with Crippen molar-refractivity contribution in [1.82, 2.24) is 9.55 Å². The molecule has 8 heteroatoms. The first-order valence-electron chi connectivity index (χ1n) is 11.5. The largest absolute Gasteiger partial charge is 0.496 e. The van der Waals surface area contributed by atoms with Crippen molar-refractivity contribution in [3.8, 4) is 17.2 Å². The van der Waals surface area contributed by atoms with E-state index in [2.05, 4.69) is 0 Å². The van der Waals surface area contributed by atoms with E-state index in [1.54, 1.807) is 49.1 Å². The second-order valence-electron chi connectivity index (χ2n) is 8.06. The van der Waals surface area contributed by atoms with Crippen LogP contribution in [-0.2, 0) is 17.7 Å². The van der Waals surface area contributed by atoms with Gasteiger partial charge in [-0.15, -0.1) is 0 Å². The second kappa shape index (κ2) is 11.4. The third kappa shape index (κ3) is 5.33. The number of carbonyl (C=O) groups excluding carboxylic acids is 1. The molecule has 186 valence electrons. The fourth-order valence-electron chi connectivity index (χ4n) is 4.03. The zero-order valence-electron chi connectivity index (χ0n) is 20.5. The highest BCUT2D eigenvalue weighted by Gasteiger charge is 2.15. The highest BCUT2D eigenvalue weighted by atomic mass is 16.5. The van der Waals surface area contributed by atoms with E-state index in [0.717, 1.165) is 5.56 Å². The predicted molar refractivity (Wildman–Crippen MR) is 136 cm³/mol. The van der Waals surface area contributed by atoms with Crippen LogP contribution < -0.4 is 19.8 Å². The Morgan fingerprint density at radius 2 is 1.58 bits per heavy atom. The number of para-hydroxylation sites is 2. The van der Waals surface area contributed by atoms with Gasteiger partial charge >= 0.3 is 5.97 Å². The topological polar surface area (TPSA) is 88.9 Å². The first-order chi connectivity index (χ1) is 17.5. The van der Waals surface area contributed by atoms with Gasteiger partial charge in [0.2, 0.25) is 0 Å². The van der Waals surface area contributed by atoms with Crippen molar-refractivity contribution in [2.75, 3.05) is 27.9 Å². The number of hydrogen-bond donors (Lipinski definition) is 0. The van der Waals surface area contributed by atoms with Crippen LogP contribution in [0, 0.1) is 0 Å². The van der Waals surface area contributed by atoms with Gasteiger partial charge in [-0.3, -0.25) is 9.36 Å². The summed E-state index contributed by atoms with van der Waals surface area (Å²) in [6, 6.07) is 19.8. The molecule has 0 unspecified atom stereocenters. The molecule has 4 rings (SSSR count). The van der Waals surface area contributed by atoms with Crippen molar-refractivity contribution in [2.24, 2.45) is 0 Å². The van der Waals surface area contributed by atoms with E-state index >= 15 is 0 Å². The summed E-state index contributed by atoms with van der Waals surface area (Å²) in [4.78, 5) is 30.6. The van der Waals surface area contributed by atoms with Crippen LogP contribution in [-0.4, -0.2) is 43.5 Å². The smallest absolute Gasteiger partial charge is 0.341 e. The predicted octanol–water partition coefficient (Wildman–Crippen LogP) is 4.26. The number of aromatic nitrogens is 2. The van der Waals surface area contributed by atoms with Crippen molar-refractivity contribution in [2.45, 2.75) is 19.4 Å². The maximum atomic E-state index is 13.4. The standard InChI is InChI=1S/C28H28N2O6/c1-33-23-12-7-5-10-21(23)28(32)36-16-8-15-30-26(29-22-11-6-4-9-20(22)27(30)31)18-19-13-14-24(34-2)25(17-19)35-3/h4-7,9-14,17H,8,15-16,18H2,1-3H3. The molecular formula is C28H28N2O6. The molecule has 0 radical (unpaired) electrons. The molecule has 0 aliphatic rings. The Labute approximate surface area is 209 Å². The number of methoxy groups -OCH3 is 3. The molecule has 0 saturated carbocycles. The van der Waals surface area contributed by atoms with Crippen molar-refractivity contribution >= 4 is 16.9 Å². The van der Waals surface area contributed by atoms with Gasteiger partial charge in [-0.05, 0) is 48.4 Å². The van der Waals surface area contributed by atoms with Crippen molar-refractivity contribution < 1.29 is 23.7 Å². The van der Waals surface area contributed by atoms with Gasteiger partial charge in [-0.2, -0.15) is 0 Å². The Morgan fingerprint density at radius 1 is 0.861 bits per heavy atom. The van der Waals surface area contributed by atoms with Gasteiger partial charge in [0.25, 0.3) is 5.56 Å². The molecule has 0 bridgehead atoms. The summed E-state index contributed by atoms with van der Waals surface area (Å²) in [5.41, 5.74) is 1.79. The van der Waals surface area contributed by atoms with Crippen LogP contribution in [0.3, 0.4) is 0 Å². The maximum absolute atomic E-state index is 13.4. The number of esters is 1. The lowest BCUT2D eigenvalue weighted by molar-refractivity contribution is 0.0492. The van der Waals surface area contributed by atoms with Crippen LogP contribution in [0.4, 0.5) is 0 Å². The maximum Gasteiger partial charge on any atom is 0.341 e. The van der Waals surface area contributed by atoms with E-state index < -0.39 is 5.97 Å². The summed E-state index contributed by atoms with van der Waals surface area (Å²) >= 11 is 0. The van der Waals surface area contributed by atoms with Crippen LogP contribution >= 0.6 is 0 Å². The molecule has 0 spiro atoms. The number of rotatable bonds is 10. The normalized spacial score (nSPS) is 10.8. The number of benzene rings is 3. The van der Waals surface area contributed by atoms with Crippen molar-refractivity contribution in [3.05, 3.63) is 94.0 Å². The molecular weight excluding hydrogens is 460 g/mol. The van der Waals surface area contributed by atoms with Gasteiger partial charge in [-0.1, -0.05) is 30.3 Å². The third-order valence-corrected chi connectivity index (χ3v) is 5.84. The molecule has 0 atom stereocenters. The lowest BCUT2D eigenvalue weighted by atomic mass is 10.1. The first-order valence-corrected chi connectivity index (χ1v) is 11.5. The third-order valence-electron chi connectivity index (χ3n) is 5.84. The Bertz CT molecular complexity index is 1430. The minimum atomic E-state index is -0.470. The Balaban J connectivity index is 1.55. The molecule has 3 aromatic carbocycles. The first kappa shape index (κ1) is 24.8. The Hall–Kier alpha value is -4.33. The molecule has 0 N–H and O–H groups in total. The summed E-state index contributed by atoms with van der Waals surface area (Å²) < 4.78 is 23.1. The van der Waals surface area contributed by atoms with E-state index in [1.807, 2.05) is 36.4 Å². The monoisotopic (exact) mass is 488 g/mol. The molecule has 0 amide bonds. The SMILES string of the molecule is COc1ccc(Cc2nc3ccccc3c(=O)n2CCCOC(=O)c2ccccc2OC)cc1OC. The summed E-state index contributed by atoms with van der Waals surface area (Å²) in [6.45, 7) is 0.491. The van der Waals surface area contributed by atoms with Gasteiger partial charge in [0.15, 0.2) is 11.5 Å². The van der Waals surface area contributed by atoms with E-state index in [1.165, 1.54) is 7.11 Å². The van der Waals surface area contributed by atoms with E-state index in [0.29, 0.717) is 58.9 Å². The van der Waals surface area contributed by atoms with E-state index in [-0.39, 0.29) is 12.2 Å².